The maximum absolute atomic E-state index is 13.1. The molecular weight excluding hydrogens is 392 g/mol. The van der Waals surface area contributed by atoms with Gasteiger partial charge in [0.2, 0.25) is 5.78 Å². The van der Waals surface area contributed by atoms with Gasteiger partial charge in [0.05, 0.1) is 12.2 Å². The fourth-order valence-electron chi connectivity index (χ4n) is 5.26. The summed E-state index contributed by atoms with van der Waals surface area (Å²) in [5.74, 6) is -4.96. The van der Waals surface area contributed by atoms with E-state index in [-0.39, 0.29) is 23.3 Å². The fourth-order valence-corrected chi connectivity index (χ4v) is 5.26. The molecule has 0 unspecified atom stereocenters. The van der Waals surface area contributed by atoms with Crippen molar-refractivity contribution in [2.45, 2.75) is 58.3 Å². The molecule has 3 rings (SSSR count). The number of rotatable bonds is 4. The second-order valence-electron chi connectivity index (χ2n) is 9.01. The molecule has 1 aromatic rings. The Hall–Kier alpha value is -2.74. The van der Waals surface area contributed by atoms with E-state index in [9.17, 15) is 35.1 Å². The summed E-state index contributed by atoms with van der Waals surface area (Å²) in [7, 11) is 0. The monoisotopic (exact) mass is 420 g/mol. The van der Waals surface area contributed by atoms with Crippen LogP contribution in [0.1, 0.15) is 74.4 Å². The fraction of sp³-hybridized carbons (Fsp3) is 0.545. The lowest BCUT2D eigenvalue weighted by atomic mass is 9.54. The summed E-state index contributed by atoms with van der Waals surface area (Å²) in [6.45, 7) is 5.73. The van der Waals surface area contributed by atoms with E-state index in [1.807, 2.05) is 13.8 Å². The van der Waals surface area contributed by atoms with Gasteiger partial charge in [-0.15, -0.1) is 0 Å². The smallest absolute Gasteiger partial charge is 0.302 e. The standard InChI is InChI=1S/C22H28O8/c1-10(24)30-9-11(8-23)12-15(25)13-14(18(28)16(12)26)22(4)7-5-6-21(2,3)20(22)19(29)17(13)27/h11,23,25-26,28-29H,5-9H2,1-4H3/t11-,22+/m0/s1. The molecule has 1 aromatic carbocycles. The van der Waals surface area contributed by atoms with Crippen molar-refractivity contribution in [2.75, 3.05) is 13.2 Å². The van der Waals surface area contributed by atoms with Gasteiger partial charge in [0, 0.05) is 29.4 Å². The lowest BCUT2D eigenvalue weighted by molar-refractivity contribution is -0.141. The van der Waals surface area contributed by atoms with Crippen LogP contribution < -0.4 is 0 Å². The number of benzene rings is 1. The van der Waals surface area contributed by atoms with E-state index < -0.39 is 58.1 Å². The second kappa shape index (κ2) is 7.19. The van der Waals surface area contributed by atoms with Crippen LogP contribution in [-0.4, -0.2) is 50.5 Å². The molecule has 0 radical (unpaired) electrons. The lowest BCUT2D eigenvalue weighted by Crippen LogP contribution is -2.43. The number of phenols is 3. The number of Topliss-reactive ketones (excluding diaryl/α,β-unsaturated/α-hetero) is 1. The number of hydrogen-bond donors (Lipinski definition) is 5. The Morgan fingerprint density at radius 2 is 1.70 bits per heavy atom. The van der Waals surface area contributed by atoms with Crippen LogP contribution in [0, 0.1) is 5.41 Å². The minimum absolute atomic E-state index is 0.0657. The van der Waals surface area contributed by atoms with Crippen molar-refractivity contribution in [2.24, 2.45) is 5.41 Å². The molecule has 1 fully saturated rings. The molecule has 0 aliphatic heterocycles. The van der Waals surface area contributed by atoms with Crippen molar-refractivity contribution >= 4 is 11.8 Å². The van der Waals surface area contributed by atoms with Gasteiger partial charge >= 0.3 is 5.97 Å². The van der Waals surface area contributed by atoms with E-state index in [2.05, 4.69) is 0 Å². The summed E-state index contributed by atoms with van der Waals surface area (Å²) in [6, 6.07) is 0. The van der Waals surface area contributed by atoms with Gasteiger partial charge in [0.15, 0.2) is 17.3 Å². The SMILES string of the molecule is CC(=O)OC[C@H](CO)c1c(O)c(O)c2c(c1O)C(=O)C(O)=C1C(C)(C)CCC[C@@]12C. The summed E-state index contributed by atoms with van der Waals surface area (Å²) < 4.78 is 4.88. The van der Waals surface area contributed by atoms with Crippen LogP contribution in [0.4, 0.5) is 0 Å². The van der Waals surface area contributed by atoms with Crippen LogP contribution in [0.2, 0.25) is 0 Å². The minimum Gasteiger partial charge on any atom is -0.507 e. The first-order valence-electron chi connectivity index (χ1n) is 9.92. The topological polar surface area (TPSA) is 145 Å². The van der Waals surface area contributed by atoms with Gasteiger partial charge in [-0.25, -0.2) is 0 Å². The molecule has 0 spiro atoms. The van der Waals surface area contributed by atoms with Crippen molar-refractivity contribution in [1.82, 2.24) is 0 Å². The Morgan fingerprint density at radius 3 is 2.27 bits per heavy atom. The Morgan fingerprint density at radius 1 is 1.07 bits per heavy atom. The molecule has 2 aliphatic carbocycles. The Balaban J connectivity index is 2.31. The molecule has 0 saturated heterocycles. The van der Waals surface area contributed by atoms with Gasteiger partial charge in [0.1, 0.15) is 12.4 Å². The number of allylic oxidation sites excluding steroid dienone is 2. The lowest BCUT2D eigenvalue weighted by Gasteiger charge is -2.49. The summed E-state index contributed by atoms with van der Waals surface area (Å²) in [4.78, 5) is 24.3. The number of carbonyl (C=O) groups is 2. The highest BCUT2D eigenvalue weighted by molar-refractivity contribution is 6.13. The molecular formula is C22H28O8. The molecule has 5 N–H and O–H groups in total. The van der Waals surface area contributed by atoms with E-state index in [0.717, 1.165) is 19.8 Å². The zero-order chi connectivity index (χ0) is 22.6. The highest BCUT2D eigenvalue weighted by atomic mass is 16.5. The largest absolute Gasteiger partial charge is 0.507 e. The number of ketones is 1. The average molecular weight is 420 g/mol. The van der Waals surface area contributed by atoms with Crippen LogP contribution in [0.5, 0.6) is 17.2 Å². The van der Waals surface area contributed by atoms with Crippen molar-refractivity contribution in [3.8, 4) is 17.2 Å². The third-order valence-corrected chi connectivity index (χ3v) is 6.51. The Labute approximate surface area is 174 Å². The molecule has 0 amide bonds. The number of esters is 1. The van der Waals surface area contributed by atoms with E-state index in [1.165, 1.54) is 0 Å². The van der Waals surface area contributed by atoms with Gasteiger partial charge in [0.25, 0.3) is 0 Å². The highest BCUT2D eigenvalue weighted by Crippen LogP contribution is 2.61. The molecule has 8 nitrogen and oxygen atoms in total. The van der Waals surface area contributed by atoms with Crippen molar-refractivity contribution < 1.29 is 39.9 Å². The number of aliphatic hydroxyl groups is 2. The normalized spacial score (nSPS) is 23.6. The number of ether oxygens (including phenoxy) is 1. The predicted molar refractivity (Wildman–Crippen MR) is 107 cm³/mol. The van der Waals surface area contributed by atoms with Crippen LogP contribution in [-0.2, 0) is 14.9 Å². The predicted octanol–water partition coefficient (Wildman–Crippen LogP) is 2.92. The summed E-state index contributed by atoms with van der Waals surface area (Å²) in [6.07, 6.45) is 1.98. The highest BCUT2D eigenvalue weighted by Gasteiger charge is 2.53. The van der Waals surface area contributed by atoms with E-state index in [4.69, 9.17) is 4.74 Å². The molecule has 0 bridgehead atoms. The number of phenolic OH excluding ortho intramolecular Hbond substituents is 3. The van der Waals surface area contributed by atoms with E-state index in [1.54, 1.807) is 6.92 Å². The van der Waals surface area contributed by atoms with Gasteiger partial charge < -0.3 is 30.3 Å². The second-order valence-corrected chi connectivity index (χ2v) is 9.01. The molecule has 0 heterocycles. The average Bonchev–Trinajstić information content (AvgIpc) is 2.64. The van der Waals surface area contributed by atoms with E-state index >= 15 is 0 Å². The van der Waals surface area contributed by atoms with Crippen molar-refractivity contribution in [3.63, 3.8) is 0 Å². The zero-order valence-corrected chi connectivity index (χ0v) is 17.6. The van der Waals surface area contributed by atoms with Crippen molar-refractivity contribution in [3.05, 3.63) is 28.0 Å². The van der Waals surface area contributed by atoms with Gasteiger partial charge in [-0.1, -0.05) is 27.2 Å². The van der Waals surface area contributed by atoms with Crippen LogP contribution in [0.3, 0.4) is 0 Å². The summed E-state index contributed by atoms with van der Waals surface area (Å²) >= 11 is 0. The number of aromatic hydroxyl groups is 3. The Kier molecular flexibility index (Phi) is 5.27. The first-order chi connectivity index (χ1) is 13.9. The first kappa shape index (κ1) is 22.0. The number of carbonyl (C=O) groups excluding carboxylic acids is 2. The molecule has 0 aromatic heterocycles. The van der Waals surface area contributed by atoms with Gasteiger partial charge in [-0.2, -0.15) is 0 Å². The van der Waals surface area contributed by atoms with Crippen LogP contribution in [0.25, 0.3) is 0 Å². The maximum Gasteiger partial charge on any atom is 0.302 e. The molecule has 2 atom stereocenters. The van der Waals surface area contributed by atoms with Gasteiger partial charge in [-0.05, 0) is 23.8 Å². The number of aliphatic hydroxyl groups excluding tert-OH is 2. The summed E-state index contributed by atoms with van der Waals surface area (Å²) in [5, 5.41) is 53.2. The quantitative estimate of drug-likeness (QED) is 0.284. The Bertz CT molecular complexity index is 959. The molecule has 30 heavy (non-hydrogen) atoms. The third-order valence-electron chi connectivity index (χ3n) is 6.51. The molecule has 1 saturated carbocycles. The maximum atomic E-state index is 13.1. The zero-order valence-electron chi connectivity index (χ0n) is 17.6. The molecule has 164 valence electrons. The number of fused-ring (bicyclic) bond motifs is 3. The summed E-state index contributed by atoms with van der Waals surface area (Å²) in [5.41, 5.74) is -1.57. The van der Waals surface area contributed by atoms with Gasteiger partial charge in [-0.3, -0.25) is 9.59 Å². The van der Waals surface area contributed by atoms with Crippen molar-refractivity contribution in [1.29, 1.82) is 0 Å². The molecule has 8 heteroatoms. The van der Waals surface area contributed by atoms with Crippen LogP contribution >= 0.6 is 0 Å². The number of hydrogen-bond acceptors (Lipinski definition) is 8. The third kappa shape index (κ3) is 3.01. The van der Waals surface area contributed by atoms with E-state index in [0.29, 0.717) is 12.0 Å². The minimum atomic E-state index is -1.08. The first-order valence-corrected chi connectivity index (χ1v) is 9.92. The van der Waals surface area contributed by atoms with Crippen LogP contribution in [0.15, 0.2) is 11.3 Å². The molecule has 2 aliphatic rings.